The topological polar surface area (TPSA) is 38.9 Å². The molecular weight excluding hydrogens is 216 g/mol. The molecule has 2 N–H and O–H groups in total. The molecule has 0 bridgehead atoms. The molecule has 2 rings (SSSR count). The average Bonchev–Trinajstić information content (AvgIpc) is 2.80. The van der Waals surface area contributed by atoms with Gasteiger partial charge in [-0.2, -0.15) is 0 Å². The fourth-order valence-corrected chi connectivity index (χ4v) is 2.44. The van der Waals surface area contributed by atoms with Crippen molar-refractivity contribution in [2.24, 2.45) is 5.73 Å². The summed E-state index contributed by atoms with van der Waals surface area (Å²) in [5, 5.41) is 1.11. The van der Waals surface area contributed by atoms with Gasteiger partial charge in [0.05, 0.1) is 9.88 Å². The van der Waals surface area contributed by atoms with Crippen molar-refractivity contribution in [1.82, 2.24) is 4.98 Å². The molecule has 2 nitrogen and oxygen atoms in total. The molecule has 0 unspecified atom stereocenters. The van der Waals surface area contributed by atoms with Crippen molar-refractivity contribution in [3.05, 3.63) is 41.5 Å². The van der Waals surface area contributed by atoms with Crippen LogP contribution in [-0.2, 0) is 5.41 Å². The molecule has 0 aliphatic rings. The van der Waals surface area contributed by atoms with Crippen LogP contribution in [0.1, 0.15) is 18.9 Å². The van der Waals surface area contributed by atoms with Crippen molar-refractivity contribution in [3.63, 3.8) is 0 Å². The van der Waals surface area contributed by atoms with Crippen molar-refractivity contribution in [1.29, 1.82) is 0 Å². The molecule has 0 atom stereocenters. The third kappa shape index (κ3) is 2.15. The summed E-state index contributed by atoms with van der Waals surface area (Å²) in [6.45, 7) is 4.87. The van der Waals surface area contributed by atoms with Crippen molar-refractivity contribution >= 4 is 11.3 Å². The minimum Gasteiger partial charge on any atom is -0.330 e. The highest BCUT2D eigenvalue weighted by Crippen LogP contribution is 2.32. The fourth-order valence-electron chi connectivity index (χ4n) is 1.41. The van der Waals surface area contributed by atoms with E-state index in [2.05, 4.69) is 31.0 Å². The predicted octanol–water partition coefficient (Wildman–Crippen LogP) is 3.05. The largest absolute Gasteiger partial charge is 0.330 e. The lowest BCUT2D eigenvalue weighted by Gasteiger charge is -2.18. The van der Waals surface area contributed by atoms with Crippen molar-refractivity contribution in [2.45, 2.75) is 19.3 Å². The van der Waals surface area contributed by atoms with Gasteiger partial charge in [-0.15, -0.1) is 11.3 Å². The maximum atomic E-state index is 5.75. The zero-order valence-corrected chi connectivity index (χ0v) is 10.4. The number of thiazole rings is 1. The van der Waals surface area contributed by atoms with Gasteiger partial charge in [0.1, 0.15) is 0 Å². The van der Waals surface area contributed by atoms with E-state index in [0.29, 0.717) is 6.54 Å². The first-order chi connectivity index (χ1) is 7.63. The summed E-state index contributed by atoms with van der Waals surface area (Å²) in [4.78, 5) is 5.68. The van der Waals surface area contributed by atoms with Gasteiger partial charge in [-0.1, -0.05) is 44.2 Å². The fraction of sp³-hybridized carbons (Fsp3) is 0.308. The highest BCUT2D eigenvalue weighted by molar-refractivity contribution is 7.15. The Bertz CT molecular complexity index is 460. The van der Waals surface area contributed by atoms with Crippen LogP contribution in [0.3, 0.4) is 0 Å². The van der Waals surface area contributed by atoms with Gasteiger partial charge in [-0.05, 0) is 5.56 Å². The number of nitrogens with zero attached hydrogens (tertiary/aromatic N) is 1. The number of benzene rings is 1. The first kappa shape index (κ1) is 11.3. The number of rotatable bonds is 3. The van der Waals surface area contributed by atoms with Crippen LogP contribution in [0.5, 0.6) is 0 Å². The minimum atomic E-state index is -0.0301. The smallest absolute Gasteiger partial charge is 0.1000 e. The third-order valence-electron chi connectivity index (χ3n) is 2.65. The van der Waals surface area contributed by atoms with Gasteiger partial charge < -0.3 is 5.73 Å². The Labute approximate surface area is 100 Å². The Balaban J connectivity index is 2.34. The van der Waals surface area contributed by atoms with Crippen LogP contribution in [0.25, 0.3) is 10.4 Å². The number of aromatic nitrogens is 1. The van der Waals surface area contributed by atoms with Gasteiger partial charge in [0, 0.05) is 18.2 Å². The molecule has 0 aliphatic heterocycles. The SMILES string of the molecule is CC(C)(CN)c1ncc(-c2ccccc2)s1. The summed E-state index contributed by atoms with van der Waals surface area (Å²) in [6.07, 6.45) is 1.94. The zero-order valence-electron chi connectivity index (χ0n) is 9.60. The first-order valence-electron chi connectivity index (χ1n) is 5.35. The molecule has 0 radical (unpaired) electrons. The summed E-state index contributed by atoms with van der Waals surface area (Å²) >= 11 is 1.73. The van der Waals surface area contributed by atoms with Gasteiger partial charge in [0.25, 0.3) is 0 Å². The van der Waals surface area contributed by atoms with Crippen LogP contribution in [0.15, 0.2) is 36.5 Å². The monoisotopic (exact) mass is 232 g/mol. The average molecular weight is 232 g/mol. The highest BCUT2D eigenvalue weighted by Gasteiger charge is 2.22. The molecule has 1 aromatic carbocycles. The first-order valence-corrected chi connectivity index (χ1v) is 6.17. The lowest BCUT2D eigenvalue weighted by atomic mass is 9.95. The molecule has 0 spiro atoms. The van der Waals surface area contributed by atoms with E-state index in [9.17, 15) is 0 Å². The summed E-state index contributed by atoms with van der Waals surface area (Å²) in [5.74, 6) is 0. The van der Waals surface area contributed by atoms with Crippen molar-refractivity contribution < 1.29 is 0 Å². The normalized spacial score (nSPS) is 11.7. The Morgan fingerprint density at radius 1 is 1.25 bits per heavy atom. The van der Waals surface area contributed by atoms with Crippen LogP contribution in [0.2, 0.25) is 0 Å². The lowest BCUT2D eigenvalue weighted by molar-refractivity contribution is 0.535. The molecule has 16 heavy (non-hydrogen) atoms. The number of nitrogens with two attached hydrogens (primary N) is 1. The van der Waals surface area contributed by atoms with Gasteiger partial charge in [-0.3, -0.25) is 0 Å². The third-order valence-corrected chi connectivity index (χ3v) is 4.07. The maximum Gasteiger partial charge on any atom is 0.1000 e. The van der Waals surface area contributed by atoms with Crippen LogP contribution >= 0.6 is 11.3 Å². The van der Waals surface area contributed by atoms with E-state index in [1.807, 2.05) is 24.4 Å². The van der Waals surface area contributed by atoms with Gasteiger partial charge in [-0.25, -0.2) is 4.98 Å². The quantitative estimate of drug-likeness (QED) is 0.883. The molecule has 84 valence electrons. The summed E-state index contributed by atoms with van der Waals surface area (Å²) in [6, 6.07) is 10.3. The van der Waals surface area contributed by atoms with Crippen LogP contribution in [0, 0.1) is 0 Å². The minimum absolute atomic E-state index is 0.0301. The Morgan fingerprint density at radius 3 is 2.56 bits per heavy atom. The molecule has 0 saturated carbocycles. The molecular formula is C13H16N2S. The predicted molar refractivity (Wildman–Crippen MR) is 69.6 cm³/mol. The van der Waals surface area contributed by atoms with E-state index in [-0.39, 0.29) is 5.41 Å². The highest BCUT2D eigenvalue weighted by atomic mass is 32.1. The summed E-state index contributed by atoms with van der Waals surface area (Å²) in [7, 11) is 0. The van der Waals surface area contributed by atoms with E-state index in [1.54, 1.807) is 11.3 Å². The summed E-state index contributed by atoms with van der Waals surface area (Å²) in [5.41, 5.74) is 6.94. The second kappa shape index (κ2) is 4.36. The molecule has 0 fully saturated rings. The molecule has 2 aromatic rings. The van der Waals surface area contributed by atoms with Gasteiger partial charge in [0.2, 0.25) is 0 Å². The van der Waals surface area contributed by atoms with Crippen LogP contribution < -0.4 is 5.73 Å². The lowest BCUT2D eigenvalue weighted by Crippen LogP contribution is -2.27. The van der Waals surface area contributed by atoms with E-state index in [0.717, 1.165) is 5.01 Å². The van der Waals surface area contributed by atoms with Crippen molar-refractivity contribution in [3.8, 4) is 10.4 Å². The second-order valence-corrected chi connectivity index (χ2v) is 5.51. The van der Waals surface area contributed by atoms with Gasteiger partial charge >= 0.3 is 0 Å². The summed E-state index contributed by atoms with van der Waals surface area (Å²) < 4.78 is 0. The van der Waals surface area contributed by atoms with E-state index in [1.165, 1.54) is 10.4 Å². The number of hydrogen-bond acceptors (Lipinski definition) is 3. The molecule has 3 heteroatoms. The molecule has 1 aromatic heterocycles. The molecule has 0 saturated heterocycles. The maximum absolute atomic E-state index is 5.75. The Hall–Kier alpha value is -1.19. The zero-order chi connectivity index (χ0) is 11.6. The molecule has 0 aliphatic carbocycles. The Kier molecular flexibility index (Phi) is 3.08. The Morgan fingerprint density at radius 2 is 1.94 bits per heavy atom. The van der Waals surface area contributed by atoms with Crippen LogP contribution in [-0.4, -0.2) is 11.5 Å². The molecule has 1 heterocycles. The standard InChI is InChI=1S/C13H16N2S/c1-13(2,9-14)12-15-8-11(16-12)10-6-4-3-5-7-10/h3-8H,9,14H2,1-2H3. The second-order valence-electron chi connectivity index (χ2n) is 4.48. The molecule has 0 amide bonds. The van der Waals surface area contributed by atoms with E-state index < -0.39 is 0 Å². The van der Waals surface area contributed by atoms with Gasteiger partial charge in [0.15, 0.2) is 0 Å². The van der Waals surface area contributed by atoms with E-state index >= 15 is 0 Å². The van der Waals surface area contributed by atoms with Crippen LogP contribution in [0.4, 0.5) is 0 Å². The van der Waals surface area contributed by atoms with E-state index in [4.69, 9.17) is 5.73 Å². The van der Waals surface area contributed by atoms with Crippen molar-refractivity contribution in [2.75, 3.05) is 6.54 Å². The number of hydrogen-bond donors (Lipinski definition) is 1.